The van der Waals surface area contributed by atoms with Crippen molar-refractivity contribution in [2.24, 2.45) is 0 Å². The van der Waals surface area contributed by atoms with Crippen molar-refractivity contribution in [2.75, 3.05) is 0 Å². The Morgan fingerprint density at radius 2 is 1.48 bits per heavy atom. The first-order valence-corrected chi connectivity index (χ1v) is 6.42. The smallest absolute Gasteiger partial charge is 0.404 e. The highest BCUT2D eigenvalue weighted by molar-refractivity contribution is 9.10. The van der Waals surface area contributed by atoms with Gasteiger partial charge in [0.2, 0.25) is 0 Å². The van der Waals surface area contributed by atoms with Gasteiger partial charge in [-0.1, -0.05) is 29.8 Å². The fraction of sp³-hybridized carbons (Fsp3) is 0.500. The number of phenols is 1. The summed E-state index contributed by atoms with van der Waals surface area (Å²) in [5.74, 6) is -7.64. The van der Waals surface area contributed by atoms with E-state index < -0.39 is 45.8 Å². The maximum atomic E-state index is 13.9. The quantitative estimate of drug-likeness (QED) is 0.657. The Hall–Kier alpha value is -0.990. The fourth-order valence-electron chi connectivity index (χ4n) is 1.86. The van der Waals surface area contributed by atoms with Crippen molar-refractivity contribution in [3.8, 4) is 5.75 Å². The minimum atomic E-state index is -5.74. The van der Waals surface area contributed by atoms with E-state index in [0.29, 0.717) is 0 Å². The van der Waals surface area contributed by atoms with Crippen LogP contribution in [0.15, 0.2) is 10.5 Å². The van der Waals surface area contributed by atoms with Crippen molar-refractivity contribution in [1.29, 1.82) is 0 Å². The predicted octanol–water partition coefficient (Wildman–Crippen LogP) is 5.63. The van der Waals surface area contributed by atoms with Crippen molar-refractivity contribution in [3.63, 3.8) is 0 Å². The fourth-order valence-corrected chi connectivity index (χ4v) is 2.51. The molecular formula is C12H10BrF7O. The molecule has 0 saturated carbocycles. The molecule has 0 bridgehead atoms. The van der Waals surface area contributed by atoms with Gasteiger partial charge in [0.25, 0.3) is 0 Å². The van der Waals surface area contributed by atoms with E-state index >= 15 is 0 Å². The predicted molar refractivity (Wildman–Crippen MR) is 64.7 cm³/mol. The van der Waals surface area contributed by atoms with Gasteiger partial charge in [0.15, 0.2) is 17.5 Å². The Bertz CT molecular complexity index is 520. The average molecular weight is 383 g/mol. The van der Waals surface area contributed by atoms with E-state index in [2.05, 4.69) is 15.9 Å². The zero-order valence-electron chi connectivity index (χ0n) is 10.7. The lowest BCUT2D eigenvalue weighted by atomic mass is 9.92. The van der Waals surface area contributed by atoms with Crippen LogP contribution in [0, 0.1) is 5.82 Å². The number of phenolic OH excluding ortho intramolecular Hbond substituents is 1. The van der Waals surface area contributed by atoms with Crippen LogP contribution in [0.3, 0.4) is 0 Å². The van der Waals surface area contributed by atoms with Gasteiger partial charge in [-0.3, -0.25) is 0 Å². The largest absolute Gasteiger partial charge is 0.505 e. The zero-order valence-corrected chi connectivity index (χ0v) is 12.3. The Balaban J connectivity index is 3.66. The molecule has 0 aliphatic heterocycles. The van der Waals surface area contributed by atoms with Gasteiger partial charge in [-0.05, 0) is 12.0 Å². The zero-order chi connectivity index (χ0) is 16.7. The Morgan fingerprint density at radius 3 is 1.81 bits per heavy atom. The molecule has 0 aliphatic rings. The van der Waals surface area contributed by atoms with Crippen LogP contribution in [0.5, 0.6) is 5.75 Å². The number of halogens is 8. The number of alkyl halides is 6. The van der Waals surface area contributed by atoms with E-state index in [0.717, 1.165) is 6.07 Å². The van der Waals surface area contributed by atoms with E-state index in [4.69, 9.17) is 0 Å². The van der Waals surface area contributed by atoms with Gasteiger partial charge < -0.3 is 5.11 Å². The molecule has 0 atom stereocenters. The summed E-state index contributed by atoms with van der Waals surface area (Å²) in [6, 6.07) is 0.864. The van der Waals surface area contributed by atoms with Crippen molar-refractivity contribution < 1.29 is 35.8 Å². The molecule has 0 fully saturated rings. The van der Waals surface area contributed by atoms with Crippen LogP contribution in [-0.2, 0) is 0 Å². The van der Waals surface area contributed by atoms with E-state index in [-0.39, 0.29) is 5.56 Å². The molecule has 0 amide bonds. The lowest BCUT2D eigenvalue weighted by Crippen LogP contribution is -2.35. The summed E-state index contributed by atoms with van der Waals surface area (Å²) in [6.07, 6.45) is -11.5. The molecule has 0 heterocycles. The van der Waals surface area contributed by atoms with Gasteiger partial charge in [-0.15, -0.1) is 0 Å². The van der Waals surface area contributed by atoms with Crippen molar-refractivity contribution >= 4 is 15.9 Å². The molecule has 0 spiro atoms. The molecule has 1 nitrogen and oxygen atoms in total. The third kappa shape index (κ3) is 3.61. The van der Waals surface area contributed by atoms with Crippen LogP contribution in [0.2, 0.25) is 0 Å². The van der Waals surface area contributed by atoms with Gasteiger partial charge in [-0.25, -0.2) is 4.39 Å². The lowest BCUT2D eigenvalue weighted by molar-refractivity contribution is -0.254. The topological polar surface area (TPSA) is 20.2 Å². The molecule has 1 aromatic rings. The van der Waals surface area contributed by atoms with E-state index in [9.17, 15) is 35.8 Å². The summed E-state index contributed by atoms with van der Waals surface area (Å²) in [4.78, 5) is 0. The summed E-state index contributed by atoms with van der Waals surface area (Å²) >= 11 is 2.53. The van der Waals surface area contributed by atoms with Gasteiger partial charge in [-0.2, -0.15) is 26.3 Å². The molecule has 0 unspecified atom stereocenters. The highest BCUT2D eigenvalue weighted by atomic mass is 79.9. The number of hydrogen-bond acceptors (Lipinski definition) is 1. The molecular weight excluding hydrogens is 373 g/mol. The minimum absolute atomic E-state index is 0.0915. The molecule has 1 rings (SSSR count). The number of hydrogen-bond donors (Lipinski definition) is 1. The van der Waals surface area contributed by atoms with Crippen LogP contribution < -0.4 is 0 Å². The van der Waals surface area contributed by atoms with Crippen molar-refractivity contribution in [1.82, 2.24) is 0 Å². The molecule has 0 aromatic heterocycles. The lowest BCUT2D eigenvalue weighted by Gasteiger charge is -2.25. The second-order valence-corrected chi connectivity index (χ2v) is 5.55. The second kappa shape index (κ2) is 5.66. The van der Waals surface area contributed by atoms with Crippen LogP contribution in [0.25, 0.3) is 0 Å². The first kappa shape index (κ1) is 18.1. The first-order chi connectivity index (χ1) is 9.28. The second-order valence-electron chi connectivity index (χ2n) is 4.69. The molecule has 21 heavy (non-hydrogen) atoms. The van der Waals surface area contributed by atoms with Gasteiger partial charge in [0.1, 0.15) is 0 Å². The SMILES string of the molecule is CC(C)c1cc(Br)c(C(C(F)(F)F)C(F)(F)F)c(F)c1O. The van der Waals surface area contributed by atoms with Crippen LogP contribution in [-0.4, -0.2) is 17.5 Å². The molecule has 1 N–H and O–H groups in total. The van der Waals surface area contributed by atoms with Gasteiger partial charge >= 0.3 is 12.4 Å². The van der Waals surface area contributed by atoms with Crippen molar-refractivity contribution in [3.05, 3.63) is 27.5 Å². The Morgan fingerprint density at radius 1 is 1.05 bits per heavy atom. The van der Waals surface area contributed by atoms with Gasteiger partial charge in [0.05, 0.1) is 0 Å². The normalized spacial score (nSPS) is 13.3. The van der Waals surface area contributed by atoms with Gasteiger partial charge in [0, 0.05) is 15.6 Å². The average Bonchev–Trinajstić information content (AvgIpc) is 2.25. The van der Waals surface area contributed by atoms with E-state index in [1.54, 1.807) is 0 Å². The molecule has 0 saturated heterocycles. The summed E-state index contributed by atoms with van der Waals surface area (Å²) in [6.45, 7) is 3.01. The maximum absolute atomic E-state index is 13.9. The monoisotopic (exact) mass is 382 g/mol. The van der Waals surface area contributed by atoms with Crippen LogP contribution >= 0.6 is 15.9 Å². The van der Waals surface area contributed by atoms with Crippen molar-refractivity contribution in [2.45, 2.75) is 38.0 Å². The molecule has 120 valence electrons. The molecule has 1 aromatic carbocycles. The van der Waals surface area contributed by atoms with E-state index in [1.807, 2.05) is 0 Å². The number of aromatic hydroxyl groups is 1. The summed E-state index contributed by atoms with van der Waals surface area (Å²) in [5.41, 5.74) is -1.76. The van der Waals surface area contributed by atoms with Crippen LogP contribution in [0.1, 0.15) is 36.8 Å². The molecule has 9 heteroatoms. The number of benzene rings is 1. The Labute approximate surface area is 123 Å². The van der Waals surface area contributed by atoms with E-state index in [1.165, 1.54) is 13.8 Å². The van der Waals surface area contributed by atoms with Crippen LogP contribution in [0.4, 0.5) is 30.7 Å². The standard InChI is InChI=1S/C12H10BrF7O/c1-4(2)5-3-6(13)7(8(14)9(5)21)10(11(15,16)17)12(18,19)20/h3-4,10,21H,1-2H3. The highest BCUT2D eigenvalue weighted by Crippen LogP contribution is 2.51. The summed E-state index contributed by atoms with van der Waals surface area (Å²) < 4.78 is 89.2. The molecule has 0 radical (unpaired) electrons. The summed E-state index contributed by atoms with van der Waals surface area (Å²) in [5, 5.41) is 9.52. The Kier molecular flexibility index (Phi) is 4.87. The molecule has 0 aliphatic carbocycles. The number of rotatable bonds is 2. The first-order valence-electron chi connectivity index (χ1n) is 5.62. The minimum Gasteiger partial charge on any atom is -0.505 e. The maximum Gasteiger partial charge on any atom is 0.404 e. The highest BCUT2D eigenvalue weighted by Gasteiger charge is 2.59. The third-order valence-corrected chi connectivity index (χ3v) is 3.48. The third-order valence-electron chi connectivity index (χ3n) is 2.82. The summed E-state index contributed by atoms with van der Waals surface area (Å²) in [7, 11) is 0.